The fraction of sp³-hybridized carbons (Fsp3) is 0.419. The molecule has 6 unspecified atom stereocenters. The second kappa shape index (κ2) is 12.8. The Hall–Kier alpha value is -5.08. The predicted octanol–water partition coefficient (Wildman–Crippen LogP) is 16.6. The molecule has 0 saturated heterocycles. The molecule has 4 saturated carbocycles. The molecule has 6 aromatic carbocycles. The number of rotatable bonds is 5. The van der Waals surface area contributed by atoms with Gasteiger partial charge in [0.2, 0.25) is 0 Å². The minimum atomic E-state index is 0.00858. The van der Waals surface area contributed by atoms with Crippen molar-refractivity contribution >= 4 is 17.1 Å². The monoisotopic (exact) mass is 840 g/mol. The second-order valence-electron chi connectivity index (χ2n) is 24.3. The average molecular weight is 840 g/mol. The zero-order valence-electron chi connectivity index (χ0n) is 39.4. The third kappa shape index (κ3) is 5.15. The molecule has 4 fully saturated rings. The van der Waals surface area contributed by atoms with Crippen molar-refractivity contribution in [2.24, 2.45) is 29.1 Å². The summed E-state index contributed by atoms with van der Waals surface area (Å²) in [5, 5.41) is 0. The Morgan fingerprint density at radius 1 is 0.422 bits per heavy atom. The van der Waals surface area contributed by atoms with E-state index in [9.17, 15) is 0 Å². The van der Waals surface area contributed by atoms with Crippen LogP contribution in [0.3, 0.4) is 0 Å². The van der Waals surface area contributed by atoms with Gasteiger partial charge in [-0.05, 0) is 195 Å². The summed E-state index contributed by atoms with van der Waals surface area (Å²) in [4.78, 5) is 2.55. The van der Waals surface area contributed by atoms with E-state index >= 15 is 0 Å². The number of hydrogen-bond acceptors (Lipinski definition) is 2. The maximum atomic E-state index is 6.94. The first-order chi connectivity index (χ1) is 30.6. The van der Waals surface area contributed by atoms with Gasteiger partial charge in [0, 0.05) is 33.6 Å². The van der Waals surface area contributed by atoms with Crippen molar-refractivity contribution < 1.29 is 4.74 Å². The van der Waals surface area contributed by atoms with Crippen LogP contribution in [0.5, 0.6) is 11.5 Å². The van der Waals surface area contributed by atoms with Crippen LogP contribution in [0.2, 0.25) is 0 Å². The topological polar surface area (TPSA) is 12.5 Å². The van der Waals surface area contributed by atoms with E-state index in [4.69, 9.17) is 4.74 Å². The fourth-order valence-corrected chi connectivity index (χ4v) is 15.8. The summed E-state index contributed by atoms with van der Waals surface area (Å²) < 4.78 is 6.94. The summed E-state index contributed by atoms with van der Waals surface area (Å²) in [6, 6.07) is 49.8. The number of fused-ring (bicyclic) bond motifs is 9. The van der Waals surface area contributed by atoms with Crippen LogP contribution in [0.1, 0.15) is 140 Å². The Balaban J connectivity index is 0.979. The van der Waals surface area contributed by atoms with Crippen molar-refractivity contribution in [2.45, 2.75) is 134 Å². The van der Waals surface area contributed by atoms with Crippen LogP contribution in [0, 0.1) is 29.1 Å². The summed E-state index contributed by atoms with van der Waals surface area (Å²) in [6.07, 6.45) is 10.5. The van der Waals surface area contributed by atoms with Crippen LogP contribution in [-0.4, -0.2) is 0 Å². The molecule has 2 heteroatoms. The van der Waals surface area contributed by atoms with E-state index in [1.165, 1.54) is 124 Å². The average Bonchev–Trinajstić information content (AvgIpc) is 3.82. The third-order valence-electron chi connectivity index (χ3n) is 19.3. The van der Waals surface area contributed by atoms with E-state index in [1.807, 2.05) is 0 Å². The SMILES string of the molecule is CC1(C)CCC(C)(C)c2cc(-c3cccc(N(c4cccc(-c5ccc6c(c5)C(C)(C)CCC6(C)C)c4)c4ccc5c(c4)C4(c6ccccc6O5)C5CC6CC7CC4C75C6)c3)ccc21. The molecule has 7 aliphatic rings. The molecule has 6 atom stereocenters. The quantitative estimate of drug-likeness (QED) is 0.171. The van der Waals surface area contributed by atoms with Crippen molar-refractivity contribution in [1.29, 1.82) is 0 Å². The van der Waals surface area contributed by atoms with Gasteiger partial charge >= 0.3 is 0 Å². The first kappa shape index (κ1) is 39.3. The molecular formula is C62H65NO. The Morgan fingerprint density at radius 3 is 1.53 bits per heavy atom. The minimum absolute atomic E-state index is 0.00858. The molecule has 0 N–H and O–H groups in total. The highest BCUT2D eigenvalue weighted by atomic mass is 16.5. The van der Waals surface area contributed by atoms with Gasteiger partial charge in [0.05, 0.1) is 0 Å². The van der Waals surface area contributed by atoms with E-state index in [1.54, 1.807) is 0 Å². The van der Waals surface area contributed by atoms with Gasteiger partial charge in [0.1, 0.15) is 11.5 Å². The smallest absolute Gasteiger partial charge is 0.131 e. The molecule has 13 rings (SSSR count). The summed E-state index contributed by atoms with van der Waals surface area (Å²) >= 11 is 0. The van der Waals surface area contributed by atoms with Gasteiger partial charge in [-0.1, -0.05) is 134 Å². The number of para-hydroxylation sites is 1. The summed E-state index contributed by atoms with van der Waals surface area (Å²) in [7, 11) is 0. The lowest BCUT2D eigenvalue weighted by Crippen LogP contribution is -2.74. The molecule has 0 radical (unpaired) electrons. The van der Waals surface area contributed by atoms with E-state index in [0.29, 0.717) is 17.3 Å². The molecule has 1 aliphatic heterocycles. The standard InChI is InChI=1S/C62H65NO/c1-57(2)25-27-59(5,6)50-33-41(19-22-47(50)57)39-13-11-15-44(31-39)63(45-16-12-14-40(32-45)42-20-23-48-51(34-42)60(7,8)28-26-58(48,3)4)46-21-24-54-52(36-46)62(49-17-9-10-18-53(49)64-54)55-30-38-29-43-35-56(62)61(43,55)37-38/h9-24,31-34,36,38,43,55-56H,25-30,35,37H2,1-8H3. The molecule has 1 heterocycles. The van der Waals surface area contributed by atoms with Gasteiger partial charge in [-0.15, -0.1) is 0 Å². The molecule has 0 aromatic heterocycles. The van der Waals surface area contributed by atoms with Crippen LogP contribution in [0.15, 0.2) is 127 Å². The largest absolute Gasteiger partial charge is 0.457 e. The van der Waals surface area contributed by atoms with Crippen molar-refractivity contribution in [3.05, 3.63) is 161 Å². The molecule has 0 amide bonds. The zero-order valence-corrected chi connectivity index (χ0v) is 39.4. The lowest BCUT2D eigenvalue weighted by atomic mass is 9.26. The van der Waals surface area contributed by atoms with Crippen molar-refractivity contribution in [2.75, 3.05) is 4.90 Å². The minimum Gasteiger partial charge on any atom is -0.457 e. The fourth-order valence-electron chi connectivity index (χ4n) is 15.8. The summed E-state index contributed by atoms with van der Waals surface area (Å²) in [5.74, 6) is 5.34. The number of anilines is 3. The predicted molar refractivity (Wildman–Crippen MR) is 265 cm³/mol. The van der Waals surface area contributed by atoms with Crippen LogP contribution >= 0.6 is 0 Å². The van der Waals surface area contributed by atoms with Crippen LogP contribution in [0.25, 0.3) is 22.3 Å². The molecule has 6 aliphatic carbocycles. The zero-order chi connectivity index (χ0) is 43.8. The molecule has 324 valence electrons. The molecule has 64 heavy (non-hydrogen) atoms. The maximum absolute atomic E-state index is 6.94. The highest BCUT2D eigenvalue weighted by molar-refractivity contribution is 5.84. The first-order valence-corrected chi connectivity index (χ1v) is 24.8. The highest BCUT2D eigenvalue weighted by Crippen LogP contribution is 2.89. The van der Waals surface area contributed by atoms with Crippen molar-refractivity contribution in [3.63, 3.8) is 0 Å². The normalized spacial score (nSPS) is 29.5. The van der Waals surface area contributed by atoms with Crippen molar-refractivity contribution in [1.82, 2.24) is 0 Å². The third-order valence-corrected chi connectivity index (χ3v) is 19.3. The van der Waals surface area contributed by atoms with Gasteiger partial charge in [-0.3, -0.25) is 0 Å². The van der Waals surface area contributed by atoms with Gasteiger partial charge in [0.15, 0.2) is 0 Å². The van der Waals surface area contributed by atoms with Gasteiger partial charge in [-0.25, -0.2) is 0 Å². The Bertz CT molecular complexity index is 2820. The number of ether oxygens (including phenoxy) is 1. The number of nitrogens with zero attached hydrogens (tertiary/aromatic N) is 1. The Kier molecular flexibility index (Phi) is 7.88. The van der Waals surface area contributed by atoms with Crippen LogP contribution in [-0.2, 0) is 27.1 Å². The Labute approximate surface area is 382 Å². The van der Waals surface area contributed by atoms with E-state index < -0.39 is 0 Å². The van der Waals surface area contributed by atoms with Gasteiger partial charge < -0.3 is 9.64 Å². The Morgan fingerprint density at radius 2 is 0.938 bits per heavy atom. The highest BCUT2D eigenvalue weighted by Gasteiger charge is 2.84. The van der Waals surface area contributed by atoms with E-state index in [-0.39, 0.29) is 27.1 Å². The van der Waals surface area contributed by atoms with E-state index in [2.05, 4.69) is 188 Å². The molecule has 2 spiro atoms. The molecule has 6 aromatic rings. The van der Waals surface area contributed by atoms with Gasteiger partial charge in [-0.2, -0.15) is 0 Å². The van der Waals surface area contributed by atoms with Crippen molar-refractivity contribution in [3.8, 4) is 33.8 Å². The number of hydrogen-bond donors (Lipinski definition) is 0. The van der Waals surface area contributed by atoms with Crippen LogP contribution < -0.4 is 9.64 Å². The van der Waals surface area contributed by atoms with Gasteiger partial charge in [0.25, 0.3) is 0 Å². The number of benzene rings is 6. The lowest BCUT2D eigenvalue weighted by molar-refractivity contribution is -0.235. The molecular weight excluding hydrogens is 775 g/mol. The summed E-state index contributed by atoms with van der Waals surface area (Å²) in [5.41, 5.74) is 18.8. The van der Waals surface area contributed by atoms with E-state index in [0.717, 1.165) is 23.3 Å². The van der Waals surface area contributed by atoms with Crippen LogP contribution in [0.4, 0.5) is 17.1 Å². The maximum Gasteiger partial charge on any atom is 0.131 e. The summed E-state index contributed by atoms with van der Waals surface area (Å²) in [6.45, 7) is 19.5. The second-order valence-corrected chi connectivity index (χ2v) is 24.3. The first-order valence-electron chi connectivity index (χ1n) is 24.8. The lowest BCUT2D eigenvalue weighted by Gasteiger charge is -2.77. The molecule has 2 bridgehead atoms. The molecule has 2 nitrogen and oxygen atoms in total.